The molecule has 3 N–H and O–H groups in total. The van der Waals surface area contributed by atoms with E-state index in [2.05, 4.69) is 30.6 Å². The summed E-state index contributed by atoms with van der Waals surface area (Å²) < 4.78 is 10.1. The average molecular weight is 446 g/mol. The third-order valence-corrected chi connectivity index (χ3v) is 4.84. The summed E-state index contributed by atoms with van der Waals surface area (Å²) in [5, 5.41) is 7.04. The van der Waals surface area contributed by atoms with Gasteiger partial charge in [-0.05, 0) is 41.8 Å². The molecule has 0 atom stereocenters. The molecule has 4 aromatic rings. The molecule has 0 saturated heterocycles. The molecule has 0 spiro atoms. The Hall–Kier alpha value is -4.31. The number of fused-ring (bicyclic) bond motifs is 1. The van der Waals surface area contributed by atoms with Gasteiger partial charge in [0.15, 0.2) is 0 Å². The third kappa shape index (κ3) is 4.96. The van der Waals surface area contributed by atoms with Crippen LogP contribution >= 0.6 is 0 Å². The van der Waals surface area contributed by atoms with Gasteiger partial charge in [-0.1, -0.05) is 0 Å². The van der Waals surface area contributed by atoms with E-state index in [1.165, 1.54) is 13.3 Å². The lowest BCUT2D eigenvalue weighted by Crippen LogP contribution is -2.26. The molecule has 10 nitrogen and oxygen atoms in total. The van der Waals surface area contributed by atoms with Crippen LogP contribution in [-0.4, -0.2) is 53.2 Å². The number of hydrogen-bond donors (Lipinski definition) is 3. The molecule has 3 heterocycles. The molecule has 4 rings (SSSR count). The number of aromatic amines is 1. The van der Waals surface area contributed by atoms with Crippen molar-refractivity contribution in [3.8, 4) is 17.3 Å². The molecule has 168 valence electrons. The molecule has 1 amide bonds. The minimum atomic E-state index is -0.278. The van der Waals surface area contributed by atoms with Crippen LogP contribution in [0.5, 0.6) is 5.88 Å². The summed E-state index contributed by atoms with van der Waals surface area (Å²) in [7, 11) is 3.08. The molecule has 0 aliphatic rings. The number of amides is 1. The highest BCUT2D eigenvalue weighted by atomic mass is 16.5. The van der Waals surface area contributed by atoms with Crippen LogP contribution in [-0.2, 0) is 4.74 Å². The van der Waals surface area contributed by atoms with Crippen LogP contribution in [0.4, 0.5) is 11.5 Å². The van der Waals surface area contributed by atoms with E-state index in [1.807, 2.05) is 0 Å². The number of rotatable bonds is 8. The van der Waals surface area contributed by atoms with Crippen molar-refractivity contribution in [2.24, 2.45) is 0 Å². The highest BCUT2D eigenvalue weighted by molar-refractivity contribution is 5.96. The maximum atomic E-state index is 12.6. The molecular formula is C23H22N6O4. The second-order valence-corrected chi connectivity index (χ2v) is 7.02. The van der Waals surface area contributed by atoms with Gasteiger partial charge < -0.3 is 25.1 Å². The van der Waals surface area contributed by atoms with Crippen LogP contribution in [0, 0.1) is 0 Å². The number of H-pyrrole nitrogens is 1. The highest BCUT2D eigenvalue weighted by Crippen LogP contribution is 2.27. The van der Waals surface area contributed by atoms with E-state index in [4.69, 9.17) is 9.47 Å². The summed E-state index contributed by atoms with van der Waals surface area (Å²) in [5.74, 6) is 0.512. The lowest BCUT2D eigenvalue weighted by atomic mass is 10.1. The smallest absolute Gasteiger partial charge is 0.259 e. The molecule has 0 saturated carbocycles. The number of methoxy groups -OCH3 is 2. The lowest BCUT2D eigenvalue weighted by Gasteiger charge is -2.12. The van der Waals surface area contributed by atoms with Gasteiger partial charge in [0.05, 0.1) is 37.2 Å². The van der Waals surface area contributed by atoms with Crippen molar-refractivity contribution in [2.45, 2.75) is 0 Å². The van der Waals surface area contributed by atoms with Gasteiger partial charge in [-0.15, -0.1) is 0 Å². The van der Waals surface area contributed by atoms with Crippen molar-refractivity contribution in [3.05, 3.63) is 70.9 Å². The Morgan fingerprint density at radius 3 is 2.64 bits per heavy atom. The number of nitrogens with zero attached hydrogens (tertiary/aromatic N) is 3. The van der Waals surface area contributed by atoms with E-state index >= 15 is 0 Å². The number of benzene rings is 1. The number of aromatic nitrogens is 4. The van der Waals surface area contributed by atoms with Gasteiger partial charge in [0.2, 0.25) is 5.88 Å². The van der Waals surface area contributed by atoms with E-state index < -0.39 is 0 Å². The van der Waals surface area contributed by atoms with E-state index in [9.17, 15) is 9.59 Å². The van der Waals surface area contributed by atoms with Gasteiger partial charge in [0, 0.05) is 31.1 Å². The van der Waals surface area contributed by atoms with Crippen molar-refractivity contribution in [2.75, 3.05) is 32.7 Å². The van der Waals surface area contributed by atoms with Crippen molar-refractivity contribution < 1.29 is 14.3 Å². The fourth-order valence-corrected chi connectivity index (χ4v) is 3.22. The van der Waals surface area contributed by atoms with E-state index in [0.717, 1.165) is 0 Å². The fraction of sp³-hybridized carbons (Fsp3) is 0.174. The first-order valence-electron chi connectivity index (χ1n) is 10.1. The van der Waals surface area contributed by atoms with Gasteiger partial charge >= 0.3 is 0 Å². The third-order valence-electron chi connectivity index (χ3n) is 4.84. The first-order chi connectivity index (χ1) is 16.1. The van der Waals surface area contributed by atoms with Gasteiger partial charge in [-0.3, -0.25) is 14.6 Å². The van der Waals surface area contributed by atoms with Crippen molar-refractivity contribution in [3.63, 3.8) is 0 Å². The van der Waals surface area contributed by atoms with Gasteiger partial charge in [0.1, 0.15) is 11.5 Å². The molecule has 1 aromatic carbocycles. The van der Waals surface area contributed by atoms with Crippen LogP contribution < -0.4 is 20.9 Å². The Labute approximate surface area is 189 Å². The Bertz CT molecular complexity index is 1340. The average Bonchev–Trinajstić information content (AvgIpc) is 2.84. The number of carbonyl (C=O) groups excluding carboxylic acids is 1. The number of hydrogen-bond acceptors (Lipinski definition) is 8. The quantitative estimate of drug-likeness (QED) is 0.352. The fourth-order valence-electron chi connectivity index (χ4n) is 3.22. The highest BCUT2D eigenvalue weighted by Gasteiger charge is 2.13. The molecule has 0 aliphatic heterocycles. The molecule has 10 heteroatoms. The van der Waals surface area contributed by atoms with E-state index in [1.54, 1.807) is 55.9 Å². The summed E-state index contributed by atoms with van der Waals surface area (Å²) in [5.41, 5.74) is 1.92. The maximum absolute atomic E-state index is 12.6. The minimum absolute atomic E-state index is 0.197. The molecule has 0 radical (unpaired) electrons. The first-order valence-corrected chi connectivity index (χ1v) is 10.1. The second kappa shape index (κ2) is 9.88. The SMILES string of the molecule is COCCNC(=O)c1ccc(Nc2nc(-c3cncc(OC)n3)cc3cc[nH]c(=O)c23)cc1. The zero-order chi connectivity index (χ0) is 23.2. The number of ether oxygens (including phenoxy) is 2. The van der Waals surface area contributed by atoms with E-state index in [0.29, 0.717) is 58.3 Å². The minimum Gasteiger partial charge on any atom is -0.480 e. The summed E-state index contributed by atoms with van der Waals surface area (Å²) in [4.78, 5) is 40.6. The topological polar surface area (TPSA) is 131 Å². The molecular weight excluding hydrogens is 424 g/mol. The number of pyridine rings is 2. The number of carbonyl (C=O) groups is 1. The zero-order valence-corrected chi connectivity index (χ0v) is 18.1. The Morgan fingerprint density at radius 2 is 1.88 bits per heavy atom. The number of anilines is 2. The van der Waals surface area contributed by atoms with E-state index in [-0.39, 0.29) is 11.5 Å². The molecule has 3 aromatic heterocycles. The monoisotopic (exact) mass is 446 g/mol. The van der Waals surface area contributed by atoms with Crippen LogP contribution in [0.25, 0.3) is 22.2 Å². The van der Waals surface area contributed by atoms with Crippen molar-refractivity contribution >= 4 is 28.2 Å². The summed E-state index contributed by atoms with van der Waals surface area (Å²) in [6, 6.07) is 10.4. The first kappa shape index (κ1) is 21.9. The van der Waals surface area contributed by atoms with Crippen LogP contribution in [0.2, 0.25) is 0 Å². The molecule has 0 fully saturated rings. The molecule has 0 unspecified atom stereocenters. The Kier molecular flexibility index (Phi) is 6.56. The summed E-state index contributed by atoms with van der Waals surface area (Å²) in [6.07, 6.45) is 4.65. The summed E-state index contributed by atoms with van der Waals surface area (Å²) >= 11 is 0. The zero-order valence-electron chi connectivity index (χ0n) is 18.1. The van der Waals surface area contributed by atoms with Gasteiger partial charge in [-0.25, -0.2) is 9.97 Å². The Morgan fingerprint density at radius 1 is 1.06 bits per heavy atom. The Balaban J connectivity index is 1.68. The molecule has 0 aliphatic carbocycles. The molecule has 0 bridgehead atoms. The lowest BCUT2D eigenvalue weighted by molar-refractivity contribution is 0.0937. The number of nitrogens with one attached hydrogen (secondary N) is 3. The van der Waals surface area contributed by atoms with Gasteiger partial charge in [-0.2, -0.15) is 0 Å². The maximum Gasteiger partial charge on any atom is 0.259 e. The normalized spacial score (nSPS) is 10.7. The predicted octanol–water partition coefficient (Wildman–Crippen LogP) is 2.51. The van der Waals surface area contributed by atoms with Crippen LogP contribution in [0.15, 0.2) is 59.8 Å². The summed E-state index contributed by atoms with van der Waals surface area (Å²) in [6.45, 7) is 0.862. The standard InChI is InChI=1S/C23H22N6O4/c1-32-10-9-26-22(30)14-3-5-16(6-4-14)27-21-20-15(7-8-25-23(20)31)11-17(29-21)18-12-24-13-19(28-18)33-2/h3-8,11-13H,9-10H2,1-2H3,(H,25,31)(H,26,30)(H,27,29). The second-order valence-electron chi connectivity index (χ2n) is 7.02. The predicted molar refractivity (Wildman–Crippen MR) is 124 cm³/mol. The van der Waals surface area contributed by atoms with Crippen LogP contribution in [0.1, 0.15) is 10.4 Å². The largest absolute Gasteiger partial charge is 0.480 e. The molecule has 33 heavy (non-hydrogen) atoms. The van der Waals surface area contributed by atoms with Crippen molar-refractivity contribution in [1.82, 2.24) is 25.3 Å². The van der Waals surface area contributed by atoms with Gasteiger partial charge in [0.25, 0.3) is 11.5 Å². The van der Waals surface area contributed by atoms with Crippen LogP contribution in [0.3, 0.4) is 0 Å². The van der Waals surface area contributed by atoms with Crippen molar-refractivity contribution in [1.29, 1.82) is 0 Å².